The van der Waals surface area contributed by atoms with Crippen molar-refractivity contribution in [3.63, 3.8) is 0 Å². The van der Waals surface area contributed by atoms with Crippen molar-refractivity contribution in [3.8, 4) is 0 Å². The Kier molecular flexibility index (Phi) is 2.08. The largest absolute Gasteiger partial charge is 0.412 e. The van der Waals surface area contributed by atoms with Crippen molar-refractivity contribution in [2.75, 3.05) is 0 Å². The van der Waals surface area contributed by atoms with Gasteiger partial charge in [-0.3, -0.25) is 0 Å². The summed E-state index contributed by atoms with van der Waals surface area (Å²) in [6, 6.07) is -1.72. The van der Waals surface area contributed by atoms with Gasteiger partial charge in [0.2, 0.25) is 0 Å². The highest BCUT2D eigenvalue weighted by atomic mass is 35.5. The SMILES string of the molecule is FC(F)(F)C1C=CN=C(Cl)N1. The standard InChI is InChI=1S/C5H4ClF3N2/c6-4-10-2-1-3(11-4)5(7,8)9/h1-3H,(H,10,11). The van der Waals surface area contributed by atoms with Crippen LogP contribution < -0.4 is 5.32 Å². The lowest BCUT2D eigenvalue weighted by molar-refractivity contribution is -0.141. The van der Waals surface area contributed by atoms with Gasteiger partial charge in [0.05, 0.1) is 0 Å². The molecule has 0 bridgehead atoms. The molecule has 1 rings (SSSR count). The Morgan fingerprint density at radius 2 is 2.18 bits per heavy atom. The van der Waals surface area contributed by atoms with E-state index in [9.17, 15) is 13.2 Å². The number of halogens is 4. The van der Waals surface area contributed by atoms with Gasteiger partial charge in [0.15, 0.2) is 5.29 Å². The Balaban J connectivity index is 2.67. The average Bonchev–Trinajstić information content (AvgIpc) is 1.86. The summed E-state index contributed by atoms with van der Waals surface area (Å²) < 4.78 is 35.7. The highest BCUT2D eigenvalue weighted by Crippen LogP contribution is 2.22. The molecule has 0 aromatic carbocycles. The van der Waals surface area contributed by atoms with Crippen LogP contribution in [0.4, 0.5) is 13.2 Å². The molecule has 0 spiro atoms. The molecule has 1 heterocycles. The Morgan fingerprint density at radius 3 is 2.55 bits per heavy atom. The summed E-state index contributed by atoms with van der Waals surface area (Å²) in [5.41, 5.74) is 0. The van der Waals surface area contributed by atoms with Gasteiger partial charge in [0, 0.05) is 6.20 Å². The van der Waals surface area contributed by atoms with Gasteiger partial charge < -0.3 is 5.32 Å². The Morgan fingerprint density at radius 1 is 1.55 bits per heavy atom. The minimum Gasteiger partial charge on any atom is -0.346 e. The van der Waals surface area contributed by atoms with Crippen LogP contribution in [0.15, 0.2) is 17.3 Å². The van der Waals surface area contributed by atoms with E-state index < -0.39 is 12.2 Å². The van der Waals surface area contributed by atoms with Crippen molar-refractivity contribution >= 4 is 16.9 Å². The zero-order chi connectivity index (χ0) is 8.48. The average molecular weight is 185 g/mol. The van der Waals surface area contributed by atoms with Crippen LogP contribution in [-0.2, 0) is 0 Å². The molecule has 0 saturated heterocycles. The molecule has 62 valence electrons. The van der Waals surface area contributed by atoms with E-state index in [4.69, 9.17) is 11.6 Å². The first-order valence-electron chi connectivity index (χ1n) is 2.73. The fourth-order valence-corrected chi connectivity index (χ4v) is 0.773. The number of rotatable bonds is 0. The number of hydrogen-bond acceptors (Lipinski definition) is 2. The van der Waals surface area contributed by atoms with Crippen LogP contribution in [0.3, 0.4) is 0 Å². The molecule has 2 nitrogen and oxygen atoms in total. The number of nitrogens with zero attached hydrogens (tertiary/aromatic N) is 1. The second-order valence-electron chi connectivity index (χ2n) is 1.93. The molecule has 0 saturated carbocycles. The molecule has 0 aromatic heterocycles. The van der Waals surface area contributed by atoms with Crippen molar-refractivity contribution in [1.29, 1.82) is 0 Å². The minimum atomic E-state index is -4.31. The van der Waals surface area contributed by atoms with E-state index in [1.165, 1.54) is 0 Å². The molecule has 6 heteroatoms. The number of alkyl halides is 3. The van der Waals surface area contributed by atoms with Crippen LogP contribution in [0, 0.1) is 0 Å². The van der Waals surface area contributed by atoms with E-state index in [2.05, 4.69) is 4.99 Å². The summed E-state index contributed by atoms with van der Waals surface area (Å²) in [5.74, 6) is 0. The number of nitrogens with one attached hydrogen (secondary N) is 1. The number of amidine groups is 1. The smallest absolute Gasteiger partial charge is 0.346 e. The Labute approximate surface area is 65.7 Å². The van der Waals surface area contributed by atoms with E-state index in [-0.39, 0.29) is 5.29 Å². The highest BCUT2D eigenvalue weighted by molar-refractivity contribution is 6.64. The molecule has 1 atom stereocenters. The molecular weight excluding hydrogens is 181 g/mol. The van der Waals surface area contributed by atoms with Crippen LogP contribution in [0.25, 0.3) is 0 Å². The van der Waals surface area contributed by atoms with Crippen molar-refractivity contribution in [3.05, 3.63) is 12.3 Å². The van der Waals surface area contributed by atoms with Crippen LogP contribution in [0.1, 0.15) is 0 Å². The maximum atomic E-state index is 11.9. The van der Waals surface area contributed by atoms with Gasteiger partial charge in [-0.2, -0.15) is 13.2 Å². The zero-order valence-electron chi connectivity index (χ0n) is 5.19. The minimum absolute atomic E-state index is 0.241. The lowest BCUT2D eigenvalue weighted by atomic mass is 10.3. The highest BCUT2D eigenvalue weighted by Gasteiger charge is 2.39. The lowest BCUT2D eigenvalue weighted by Crippen LogP contribution is -2.43. The van der Waals surface area contributed by atoms with Crippen LogP contribution in [-0.4, -0.2) is 17.5 Å². The summed E-state index contributed by atoms with van der Waals surface area (Å²) in [5, 5.41) is 1.72. The van der Waals surface area contributed by atoms with Crippen molar-refractivity contribution < 1.29 is 13.2 Å². The molecule has 0 aromatic rings. The molecule has 0 aliphatic carbocycles. The first kappa shape index (κ1) is 8.39. The van der Waals surface area contributed by atoms with Crippen LogP contribution in [0.5, 0.6) is 0 Å². The normalized spacial score (nSPS) is 24.4. The summed E-state index contributed by atoms with van der Waals surface area (Å²) in [7, 11) is 0. The second-order valence-corrected chi connectivity index (χ2v) is 2.28. The van der Waals surface area contributed by atoms with Crippen molar-refractivity contribution in [2.24, 2.45) is 4.99 Å². The molecule has 1 unspecified atom stereocenters. The van der Waals surface area contributed by atoms with E-state index in [1.807, 2.05) is 5.32 Å². The zero-order valence-corrected chi connectivity index (χ0v) is 5.95. The summed E-state index contributed by atoms with van der Waals surface area (Å²) in [6.45, 7) is 0. The third-order valence-electron chi connectivity index (χ3n) is 1.09. The molecule has 1 N–H and O–H groups in total. The Bertz CT molecular complexity index is 208. The van der Waals surface area contributed by atoms with Gasteiger partial charge in [-0.05, 0) is 17.7 Å². The molecule has 0 fully saturated rings. The lowest BCUT2D eigenvalue weighted by Gasteiger charge is -2.19. The fraction of sp³-hybridized carbons (Fsp3) is 0.400. The van der Waals surface area contributed by atoms with Gasteiger partial charge >= 0.3 is 6.18 Å². The summed E-state index contributed by atoms with van der Waals surface area (Å²) in [6.07, 6.45) is -2.39. The Hall–Kier alpha value is -0.710. The van der Waals surface area contributed by atoms with Gasteiger partial charge in [-0.25, -0.2) is 4.99 Å². The van der Waals surface area contributed by atoms with E-state index in [1.54, 1.807) is 0 Å². The summed E-state index contributed by atoms with van der Waals surface area (Å²) >= 11 is 5.21. The molecule has 0 radical (unpaired) electrons. The van der Waals surface area contributed by atoms with Crippen LogP contribution >= 0.6 is 11.6 Å². The second kappa shape index (κ2) is 2.73. The van der Waals surface area contributed by atoms with Gasteiger partial charge in [-0.1, -0.05) is 0 Å². The number of aliphatic imine (C=N–C) groups is 1. The fourth-order valence-electron chi connectivity index (χ4n) is 0.599. The first-order chi connectivity index (χ1) is 5.00. The van der Waals surface area contributed by atoms with Gasteiger partial charge in [-0.15, -0.1) is 0 Å². The van der Waals surface area contributed by atoms with Crippen molar-refractivity contribution in [1.82, 2.24) is 5.32 Å². The third-order valence-corrected chi connectivity index (χ3v) is 1.30. The van der Waals surface area contributed by atoms with Gasteiger partial charge in [0.25, 0.3) is 0 Å². The van der Waals surface area contributed by atoms with E-state index in [0.29, 0.717) is 0 Å². The summed E-state index contributed by atoms with van der Waals surface area (Å²) in [4.78, 5) is 3.38. The quantitative estimate of drug-likeness (QED) is 0.569. The molecule has 0 amide bonds. The van der Waals surface area contributed by atoms with Crippen LogP contribution in [0.2, 0.25) is 0 Å². The molecule has 1 aliphatic heterocycles. The van der Waals surface area contributed by atoms with E-state index in [0.717, 1.165) is 12.3 Å². The van der Waals surface area contributed by atoms with Crippen molar-refractivity contribution in [2.45, 2.75) is 12.2 Å². The third kappa shape index (κ3) is 2.11. The topological polar surface area (TPSA) is 24.4 Å². The molecular formula is C5H4ClF3N2. The van der Waals surface area contributed by atoms with Gasteiger partial charge in [0.1, 0.15) is 6.04 Å². The molecule has 1 aliphatic rings. The monoisotopic (exact) mass is 184 g/mol. The first-order valence-corrected chi connectivity index (χ1v) is 3.11. The predicted octanol–water partition coefficient (Wildman–Crippen LogP) is 1.63. The maximum Gasteiger partial charge on any atom is 0.412 e. The maximum absolute atomic E-state index is 11.9. The number of hydrogen-bond donors (Lipinski definition) is 1. The van der Waals surface area contributed by atoms with E-state index >= 15 is 0 Å². The predicted molar refractivity (Wildman–Crippen MR) is 35.4 cm³/mol. The molecule has 11 heavy (non-hydrogen) atoms.